The minimum atomic E-state index is -0.995. The summed E-state index contributed by atoms with van der Waals surface area (Å²) in [5.41, 5.74) is 3.77. The quantitative estimate of drug-likeness (QED) is 0.740. The standard InChI is InChI=1S/C20H16N4O2/c1-12(25)24-9-8-13-10-14(6-7-18(13)24)19(26)15(11-21)20-22-16-4-2-3-5-17(16)23-20/h2-7,10,15H,8-9H2,1H3,(H,22,23)/t15-/m0/s1. The van der Waals surface area contributed by atoms with E-state index >= 15 is 0 Å². The lowest BCUT2D eigenvalue weighted by atomic mass is 9.96. The third-order valence-electron chi connectivity index (χ3n) is 4.71. The van der Waals surface area contributed by atoms with Crippen molar-refractivity contribution >= 4 is 28.4 Å². The molecule has 0 radical (unpaired) electrons. The number of benzene rings is 2. The van der Waals surface area contributed by atoms with Crippen LogP contribution in [0.5, 0.6) is 0 Å². The van der Waals surface area contributed by atoms with Crippen LogP contribution in [-0.2, 0) is 11.2 Å². The Morgan fingerprint density at radius 2 is 2.08 bits per heavy atom. The number of fused-ring (bicyclic) bond motifs is 2. The minimum Gasteiger partial charge on any atom is -0.340 e. The first kappa shape index (κ1) is 16.0. The van der Waals surface area contributed by atoms with E-state index in [1.165, 1.54) is 6.92 Å². The van der Waals surface area contributed by atoms with E-state index in [0.29, 0.717) is 24.4 Å². The van der Waals surface area contributed by atoms with Crippen LogP contribution < -0.4 is 4.90 Å². The molecule has 0 fully saturated rings. The number of carbonyl (C=O) groups excluding carboxylic acids is 2. The number of nitrogens with zero attached hydrogens (tertiary/aromatic N) is 3. The average Bonchev–Trinajstić information content (AvgIpc) is 3.25. The molecule has 6 heteroatoms. The second-order valence-corrected chi connectivity index (χ2v) is 6.33. The van der Waals surface area contributed by atoms with E-state index in [1.54, 1.807) is 23.1 Å². The van der Waals surface area contributed by atoms with Crippen molar-refractivity contribution in [2.24, 2.45) is 0 Å². The Morgan fingerprint density at radius 1 is 1.27 bits per heavy atom. The number of hydrogen-bond acceptors (Lipinski definition) is 4. The fourth-order valence-electron chi connectivity index (χ4n) is 3.40. The summed E-state index contributed by atoms with van der Waals surface area (Å²) in [6.07, 6.45) is 0.706. The van der Waals surface area contributed by atoms with E-state index in [2.05, 4.69) is 16.0 Å². The van der Waals surface area contributed by atoms with Crippen molar-refractivity contribution < 1.29 is 9.59 Å². The second kappa shape index (κ2) is 6.12. The van der Waals surface area contributed by atoms with Gasteiger partial charge in [-0.1, -0.05) is 12.1 Å². The molecule has 128 valence electrons. The zero-order valence-corrected chi connectivity index (χ0v) is 14.2. The molecule has 1 N–H and O–H groups in total. The Bertz CT molecular complexity index is 1040. The number of para-hydroxylation sites is 2. The Hall–Kier alpha value is -3.46. The number of nitriles is 1. The number of rotatable bonds is 3. The zero-order chi connectivity index (χ0) is 18.3. The molecular formula is C20H16N4O2. The molecule has 0 saturated heterocycles. The van der Waals surface area contributed by atoms with E-state index in [9.17, 15) is 14.9 Å². The van der Waals surface area contributed by atoms with Crippen LogP contribution >= 0.6 is 0 Å². The van der Waals surface area contributed by atoms with Gasteiger partial charge in [0.15, 0.2) is 11.7 Å². The van der Waals surface area contributed by atoms with Gasteiger partial charge < -0.3 is 9.88 Å². The lowest BCUT2D eigenvalue weighted by Gasteiger charge is -2.15. The van der Waals surface area contributed by atoms with Crippen molar-refractivity contribution in [3.63, 3.8) is 0 Å². The summed E-state index contributed by atoms with van der Waals surface area (Å²) in [7, 11) is 0. The largest absolute Gasteiger partial charge is 0.340 e. The van der Waals surface area contributed by atoms with E-state index in [0.717, 1.165) is 22.3 Å². The number of hydrogen-bond donors (Lipinski definition) is 1. The van der Waals surface area contributed by atoms with Crippen molar-refractivity contribution in [2.45, 2.75) is 19.3 Å². The molecular weight excluding hydrogens is 328 g/mol. The van der Waals surface area contributed by atoms with Gasteiger partial charge in [0.25, 0.3) is 0 Å². The molecule has 2 aromatic carbocycles. The van der Waals surface area contributed by atoms with Crippen molar-refractivity contribution in [2.75, 3.05) is 11.4 Å². The third-order valence-corrected chi connectivity index (χ3v) is 4.71. The van der Waals surface area contributed by atoms with Crippen molar-refractivity contribution in [1.29, 1.82) is 5.26 Å². The van der Waals surface area contributed by atoms with E-state index in [-0.39, 0.29) is 11.7 Å². The molecule has 0 unspecified atom stereocenters. The van der Waals surface area contributed by atoms with Gasteiger partial charge in [-0.2, -0.15) is 5.26 Å². The van der Waals surface area contributed by atoms with Gasteiger partial charge >= 0.3 is 0 Å². The Labute approximate surface area is 150 Å². The normalized spacial score (nSPS) is 14.1. The Kier molecular flexibility index (Phi) is 3.77. The van der Waals surface area contributed by atoms with Gasteiger partial charge in [-0.15, -0.1) is 0 Å². The van der Waals surface area contributed by atoms with Crippen LogP contribution in [-0.4, -0.2) is 28.2 Å². The predicted molar refractivity (Wildman–Crippen MR) is 97.0 cm³/mol. The molecule has 0 bridgehead atoms. The molecule has 3 aromatic rings. The van der Waals surface area contributed by atoms with Crippen molar-refractivity contribution in [1.82, 2.24) is 9.97 Å². The molecule has 4 rings (SSSR count). The molecule has 6 nitrogen and oxygen atoms in total. The molecule has 1 aliphatic rings. The summed E-state index contributed by atoms with van der Waals surface area (Å²) in [6.45, 7) is 2.15. The summed E-state index contributed by atoms with van der Waals surface area (Å²) < 4.78 is 0. The monoisotopic (exact) mass is 344 g/mol. The molecule has 26 heavy (non-hydrogen) atoms. The molecule has 0 saturated carbocycles. The van der Waals surface area contributed by atoms with Gasteiger partial charge in [0.1, 0.15) is 5.82 Å². The topological polar surface area (TPSA) is 89.8 Å². The van der Waals surface area contributed by atoms with E-state index in [1.807, 2.05) is 24.3 Å². The van der Waals surface area contributed by atoms with Crippen molar-refractivity contribution in [3.05, 3.63) is 59.4 Å². The first-order valence-corrected chi connectivity index (χ1v) is 8.38. The van der Waals surface area contributed by atoms with Gasteiger partial charge in [-0.3, -0.25) is 9.59 Å². The third kappa shape index (κ3) is 2.54. The summed E-state index contributed by atoms with van der Waals surface area (Å²) in [5, 5.41) is 9.56. The molecule has 1 aromatic heterocycles. The Morgan fingerprint density at radius 3 is 2.81 bits per heavy atom. The maximum atomic E-state index is 12.9. The summed E-state index contributed by atoms with van der Waals surface area (Å²) in [5.74, 6) is -0.953. The van der Waals surface area contributed by atoms with Crippen LogP contribution in [0.1, 0.15) is 34.6 Å². The summed E-state index contributed by atoms with van der Waals surface area (Å²) >= 11 is 0. The molecule has 1 aliphatic heterocycles. The predicted octanol–water partition coefficient (Wildman–Crippen LogP) is 2.96. The number of ketones is 1. The number of anilines is 1. The highest BCUT2D eigenvalue weighted by Gasteiger charge is 2.28. The van der Waals surface area contributed by atoms with Gasteiger partial charge in [0.2, 0.25) is 5.91 Å². The van der Waals surface area contributed by atoms with Crippen molar-refractivity contribution in [3.8, 4) is 6.07 Å². The highest BCUT2D eigenvalue weighted by molar-refractivity contribution is 6.04. The van der Waals surface area contributed by atoms with E-state index < -0.39 is 5.92 Å². The maximum Gasteiger partial charge on any atom is 0.223 e. The van der Waals surface area contributed by atoms with Crippen LogP contribution in [0.15, 0.2) is 42.5 Å². The smallest absolute Gasteiger partial charge is 0.223 e. The number of imidazole rings is 1. The van der Waals surface area contributed by atoms with Crippen LogP contribution in [0, 0.1) is 11.3 Å². The second-order valence-electron chi connectivity index (χ2n) is 6.33. The number of amides is 1. The van der Waals surface area contributed by atoms with Crippen LogP contribution in [0.2, 0.25) is 0 Å². The van der Waals surface area contributed by atoms with Gasteiger partial charge in [0.05, 0.1) is 17.1 Å². The Balaban J connectivity index is 1.68. The zero-order valence-electron chi connectivity index (χ0n) is 14.2. The number of H-pyrrole nitrogens is 1. The fraction of sp³-hybridized carbons (Fsp3) is 0.200. The highest BCUT2D eigenvalue weighted by atomic mass is 16.2. The minimum absolute atomic E-state index is 0.0139. The van der Waals surface area contributed by atoms with Crippen LogP contribution in [0.25, 0.3) is 11.0 Å². The van der Waals surface area contributed by atoms with E-state index in [4.69, 9.17) is 0 Å². The number of aromatic amines is 1. The lowest BCUT2D eigenvalue weighted by molar-refractivity contribution is -0.116. The molecule has 0 aliphatic carbocycles. The molecule has 1 amide bonds. The molecule has 0 spiro atoms. The molecule has 2 heterocycles. The maximum absolute atomic E-state index is 12.9. The number of carbonyl (C=O) groups is 2. The number of aromatic nitrogens is 2. The average molecular weight is 344 g/mol. The van der Waals surface area contributed by atoms with Gasteiger partial charge in [-0.05, 0) is 42.3 Å². The first-order valence-electron chi connectivity index (χ1n) is 8.38. The summed E-state index contributed by atoms with van der Waals surface area (Å²) in [4.78, 5) is 33.7. The molecule has 1 atom stereocenters. The number of Topliss-reactive ketones (excluding diaryl/α,β-unsaturated/α-hetero) is 1. The van der Waals surface area contributed by atoms with Gasteiger partial charge in [0, 0.05) is 24.7 Å². The van der Waals surface area contributed by atoms with Gasteiger partial charge in [-0.25, -0.2) is 4.98 Å². The summed E-state index contributed by atoms with van der Waals surface area (Å²) in [6, 6.07) is 14.7. The number of nitrogens with one attached hydrogen (secondary N) is 1. The van der Waals surface area contributed by atoms with Crippen LogP contribution in [0.3, 0.4) is 0 Å². The lowest BCUT2D eigenvalue weighted by Crippen LogP contribution is -2.25. The highest BCUT2D eigenvalue weighted by Crippen LogP contribution is 2.30. The first-order chi connectivity index (χ1) is 12.6. The fourth-order valence-corrected chi connectivity index (χ4v) is 3.40. The SMILES string of the molecule is CC(=O)N1CCc2cc(C(=O)[C@H](C#N)c3nc4ccccc4[nH]3)ccc21. The van der Waals surface area contributed by atoms with Crippen LogP contribution in [0.4, 0.5) is 5.69 Å².